The van der Waals surface area contributed by atoms with Crippen molar-refractivity contribution in [2.24, 2.45) is 11.8 Å². The number of nitrogens with zero attached hydrogens (tertiary/aromatic N) is 1. The second kappa shape index (κ2) is 6.05. The molecule has 1 N–H and O–H groups in total. The van der Waals surface area contributed by atoms with Crippen molar-refractivity contribution < 1.29 is 4.79 Å². The maximum Gasteiger partial charge on any atom is 0.244 e. The van der Waals surface area contributed by atoms with Crippen molar-refractivity contribution in [1.82, 2.24) is 10.2 Å². The number of carbonyl (C=O) groups excluding carboxylic acids is 1. The summed E-state index contributed by atoms with van der Waals surface area (Å²) in [6.07, 6.45) is 7.39. The minimum absolute atomic E-state index is 0.266. The molecule has 1 aliphatic heterocycles. The third-order valence-corrected chi connectivity index (χ3v) is 5.57. The summed E-state index contributed by atoms with van der Waals surface area (Å²) in [6, 6.07) is 0.369. The molecule has 1 amide bonds. The molecule has 3 unspecified atom stereocenters. The van der Waals surface area contributed by atoms with Gasteiger partial charge in [0.1, 0.15) is 0 Å². The predicted octanol–water partition coefficient (Wildman–Crippen LogP) is 3.54. The van der Waals surface area contributed by atoms with Gasteiger partial charge in [0.2, 0.25) is 5.91 Å². The van der Waals surface area contributed by atoms with E-state index >= 15 is 0 Å². The summed E-state index contributed by atoms with van der Waals surface area (Å²) in [5.74, 6) is 1.51. The van der Waals surface area contributed by atoms with Crippen LogP contribution in [-0.2, 0) is 4.79 Å². The van der Waals surface area contributed by atoms with Gasteiger partial charge in [0, 0.05) is 6.04 Å². The van der Waals surface area contributed by atoms with Crippen molar-refractivity contribution in [2.75, 3.05) is 0 Å². The van der Waals surface area contributed by atoms with E-state index in [1.54, 1.807) is 0 Å². The molecule has 116 valence electrons. The Hall–Kier alpha value is -0.570. The van der Waals surface area contributed by atoms with Crippen LogP contribution in [0.1, 0.15) is 73.1 Å². The molecule has 3 atom stereocenters. The number of carbonyl (C=O) groups is 1. The lowest BCUT2D eigenvalue weighted by Crippen LogP contribution is -2.49. The van der Waals surface area contributed by atoms with E-state index in [-0.39, 0.29) is 11.7 Å². The lowest BCUT2D eigenvalue weighted by Gasteiger charge is -2.37. The minimum atomic E-state index is -0.352. The third-order valence-electron chi connectivity index (χ3n) is 5.57. The molecule has 0 spiro atoms. The monoisotopic (exact) mass is 280 g/mol. The van der Waals surface area contributed by atoms with E-state index in [9.17, 15) is 4.79 Å². The Morgan fingerprint density at radius 3 is 2.35 bits per heavy atom. The molecule has 0 aromatic rings. The van der Waals surface area contributed by atoms with Crippen molar-refractivity contribution in [3.63, 3.8) is 0 Å². The lowest BCUT2D eigenvalue weighted by atomic mass is 9.95. The van der Waals surface area contributed by atoms with Crippen LogP contribution in [-0.4, -0.2) is 28.6 Å². The summed E-state index contributed by atoms with van der Waals surface area (Å²) in [5, 5.41) is 3.70. The summed E-state index contributed by atoms with van der Waals surface area (Å²) >= 11 is 0. The fourth-order valence-electron chi connectivity index (χ4n) is 4.09. The van der Waals surface area contributed by atoms with Crippen molar-refractivity contribution in [2.45, 2.75) is 90.9 Å². The maximum absolute atomic E-state index is 13.0. The summed E-state index contributed by atoms with van der Waals surface area (Å²) in [4.78, 5) is 15.2. The van der Waals surface area contributed by atoms with Crippen LogP contribution < -0.4 is 5.32 Å². The first-order valence-electron chi connectivity index (χ1n) is 8.55. The first-order chi connectivity index (χ1) is 9.44. The molecule has 1 saturated carbocycles. The van der Waals surface area contributed by atoms with Crippen LogP contribution >= 0.6 is 0 Å². The number of hydrogen-bond acceptors (Lipinski definition) is 2. The van der Waals surface area contributed by atoms with Crippen molar-refractivity contribution >= 4 is 5.91 Å². The van der Waals surface area contributed by atoms with Gasteiger partial charge in [-0.3, -0.25) is 10.1 Å². The number of nitrogens with one attached hydrogen (secondary N) is 1. The Morgan fingerprint density at radius 2 is 1.90 bits per heavy atom. The summed E-state index contributed by atoms with van der Waals surface area (Å²) in [7, 11) is 0. The van der Waals surface area contributed by atoms with Gasteiger partial charge in [-0.15, -0.1) is 0 Å². The van der Waals surface area contributed by atoms with Gasteiger partial charge in [0.15, 0.2) is 0 Å². The van der Waals surface area contributed by atoms with Gasteiger partial charge in [-0.05, 0) is 44.4 Å². The van der Waals surface area contributed by atoms with Crippen LogP contribution in [0, 0.1) is 11.8 Å². The van der Waals surface area contributed by atoms with Crippen molar-refractivity contribution in [1.29, 1.82) is 0 Å². The zero-order valence-corrected chi connectivity index (χ0v) is 13.9. The van der Waals surface area contributed by atoms with Crippen LogP contribution in [0.3, 0.4) is 0 Å². The maximum atomic E-state index is 13.0. The first-order valence-corrected chi connectivity index (χ1v) is 8.55. The second-order valence-corrected chi connectivity index (χ2v) is 7.25. The molecule has 2 rings (SSSR count). The fourth-order valence-corrected chi connectivity index (χ4v) is 4.09. The van der Waals surface area contributed by atoms with Crippen LogP contribution in [0.25, 0.3) is 0 Å². The van der Waals surface area contributed by atoms with E-state index in [1.165, 1.54) is 25.7 Å². The molecular weight excluding hydrogens is 248 g/mol. The van der Waals surface area contributed by atoms with E-state index in [4.69, 9.17) is 0 Å². The Balaban J connectivity index is 2.29. The highest BCUT2D eigenvalue weighted by Crippen LogP contribution is 2.37. The highest BCUT2D eigenvalue weighted by molar-refractivity contribution is 5.88. The van der Waals surface area contributed by atoms with Crippen LogP contribution in [0.2, 0.25) is 0 Å². The molecule has 1 saturated heterocycles. The minimum Gasteiger partial charge on any atom is -0.322 e. The summed E-state index contributed by atoms with van der Waals surface area (Å²) in [5.41, 5.74) is -0.352. The number of hydrogen-bond donors (Lipinski definition) is 1. The quantitative estimate of drug-likeness (QED) is 0.835. The molecule has 1 heterocycles. The number of amides is 1. The molecule has 2 aliphatic rings. The van der Waals surface area contributed by atoms with Crippen LogP contribution in [0.15, 0.2) is 0 Å². The molecule has 0 bridgehead atoms. The lowest BCUT2D eigenvalue weighted by molar-refractivity contribution is -0.136. The van der Waals surface area contributed by atoms with E-state index < -0.39 is 0 Å². The fraction of sp³-hybridized carbons (Fsp3) is 0.941. The highest BCUT2D eigenvalue weighted by atomic mass is 16.2. The molecule has 2 fully saturated rings. The molecular formula is C17H32N2O. The zero-order chi connectivity index (χ0) is 14.9. The van der Waals surface area contributed by atoms with Gasteiger partial charge in [-0.2, -0.15) is 0 Å². The Kier molecular flexibility index (Phi) is 4.78. The number of rotatable bonds is 5. The second-order valence-electron chi connectivity index (χ2n) is 7.25. The van der Waals surface area contributed by atoms with E-state index in [0.29, 0.717) is 23.8 Å². The molecule has 20 heavy (non-hydrogen) atoms. The molecule has 3 heteroatoms. The average Bonchev–Trinajstić information content (AvgIpc) is 3.01. The predicted molar refractivity (Wildman–Crippen MR) is 83.3 cm³/mol. The van der Waals surface area contributed by atoms with E-state index in [1.807, 2.05) is 0 Å². The molecule has 3 nitrogen and oxygen atoms in total. The smallest absolute Gasteiger partial charge is 0.244 e. The third kappa shape index (κ3) is 2.61. The largest absolute Gasteiger partial charge is 0.322 e. The Morgan fingerprint density at radius 1 is 1.30 bits per heavy atom. The molecule has 0 aromatic heterocycles. The molecule has 1 aliphatic carbocycles. The molecule has 0 radical (unpaired) electrons. The molecule has 0 aromatic carbocycles. The van der Waals surface area contributed by atoms with Gasteiger partial charge in [-0.1, -0.05) is 40.5 Å². The topological polar surface area (TPSA) is 32.3 Å². The normalized spacial score (nSPS) is 33.4. The van der Waals surface area contributed by atoms with Crippen LogP contribution in [0.4, 0.5) is 0 Å². The van der Waals surface area contributed by atoms with Crippen molar-refractivity contribution in [3.05, 3.63) is 0 Å². The Labute approximate surface area is 124 Å². The van der Waals surface area contributed by atoms with Crippen LogP contribution in [0.5, 0.6) is 0 Å². The van der Waals surface area contributed by atoms with Crippen molar-refractivity contribution in [3.8, 4) is 0 Å². The summed E-state index contributed by atoms with van der Waals surface area (Å²) in [6.45, 7) is 10.9. The van der Waals surface area contributed by atoms with E-state index in [0.717, 1.165) is 12.8 Å². The highest BCUT2D eigenvalue weighted by Gasteiger charge is 2.51. The zero-order valence-electron chi connectivity index (χ0n) is 13.9. The van der Waals surface area contributed by atoms with Gasteiger partial charge in [-0.25, -0.2) is 0 Å². The van der Waals surface area contributed by atoms with Gasteiger partial charge in [0.05, 0.1) is 11.7 Å². The first kappa shape index (κ1) is 15.8. The Bertz CT molecular complexity index is 349. The van der Waals surface area contributed by atoms with Gasteiger partial charge in [0.25, 0.3) is 0 Å². The van der Waals surface area contributed by atoms with Gasteiger partial charge >= 0.3 is 0 Å². The van der Waals surface area contributed by atoms with Gasteiger partial charge < -0.3 is 4.90 Å². The average molecular weight is 280 g/mol. The summed E-state index contributed by atoms with van der Waals surface area (Å²) < 4.78 is 0. The standard InChI is InChI=1S/C17H32N2O/c1-6-14(12(3)4)19-15(13-10-8-9-11-13)18-17(5,7-2)16(19)20/h12-15,18H,6-11H2,1-5H3. The SMILES string of the molecule is CCC(C(C)C)N1C(=O)C(C)(CC)NC1C1CCCC1. The van der Waals surface area contributed by atoms with E-state index in [2.05, 4.69) is 44.8 Å².